The highest BCUT2D eigenvalue weighted by Gasteiger charge is 2.23. The van der Waals surface area contributed by atoms with E-state index < -0.39 is 18.4 Å². The monoisotopic (exact) mass is 315 g/mol. The number of carboxylic acid groups (broad SMARTS) is 1. The molecular weight excluding hydrogens is 294 g/mol. The van der Waals surface area contributed by atoms with Crippen LogP contribution in [-0.2, 0) is 4.79 Å². The van der Waals surface area contributed by atoms with Gasteiger partial charge in [-0.3, -0.25) is 19.2 Å². The second-order valence-electron chi connectivity index (χ2n) is 5.27. The van der Waals surface area contributed by atoms with Gasteiger partial charge in [0.1, 0.15) is 6.54 Å². The number of carbonyl (C=O) groups is 2. The quantitative estimate of drug-likeness (QED) is 0.852. The second kappa shape index (κ2) is 7.58. The molecule has 0 aliphatic rings. The molecule has 0 aliphatic heterocycles. The van der Waals surface area contributed by atoms with Crippen molar-refractivity contribution in [1.29, 1.82) is 0 Å². The third-order valence-electron chi connectivity index (χ3n) is 3.75. The van der Waals surface area contributed by atoms with E-state index in [2.05, 4.69) is 18.9 Å². The maximum atomic E-state index is 12.7. The van der Waals surface area contributed by atoms with Gasteiger partial charge in [0.2, 0.25) is 0 Å². The van der Waals surface area contributed by atoms with E-state index >= 15 is 0 Å². The van der Waals surface area contributed by atoms with E-state index in [1.54, 1.807) is 41.2 Å². The summed E-state index contributed by atoms with van der Waals surface area (Å²) in [6.07, 6.45) is 3.61. The molecular formula is C17H21N3O3. The molecule has 0 bridgehead atoms. The Kier molecular flexibility index (Phi) is 5.51. The van der Waals surface area contributed by atoms with Crippen molar-refractivity contribution < 1.29 is 14.7 Å². The van der Waals surface area contributed by atoms with Gasteiger partial charge in [0.25, 0.3) is 5.91 Å². The lowest BCUT2D eigenvalue weighted by Gasteiger charge is -2.20. The number of hydrogen-bond acceptors (Lipinski definition) is 3. The summed E-state index contributed by atoms with van der Waals surface area (Å²) in [5, 5.41) is 13.4. The number of hydrogen-bond donors (Lipinski definition) is 1. The first kappa shape index (κ1) is 16.7. The third-order valence-corrected chi connectivity index (χ3v) is 3.75. The van der Waals surface area contributed by atoms with Crippen LogP contribution in [0.5, 0.6) is 0 Å². The highest BCUT2D eigenvalue weighted by Crippen LogP contribution is 2.18. The van der Waals surface area contributed by atoms with Crippen LogP contribution in [0.4, 0.5) is 5.69 Å². The third kappa shape index (κ3) is 3.97. The maximum absolute atomic E-state index is 12.7. The van der Waals surface area contributed by atoms with Gasteiger partial charge in [-0.2, -0.15) is 5.10 Å². The number of rotatable bonds is 7. The standard InChI is InChI=1S/C17H21N3O3/c1-3-13(4-2)20-11-10-15(18-20)17(23)19(12-16(21)22)14-8-6-5-7-9-14/h5-11,13H,3-4,12H2,1-2H3,(H,21,22). The van der Waals surface area contributed by atoms with Gasteiger partial charge in [-0.25, -0.2) is 0 Å². The number of para-hydroxylation sites is 1. The zero-order valence-electron chi connectivity index (χ0n) is 13.3. The van der Waals surface area contributed by atoms with Crippen LogP contribution >= 0.6 is 0 Å². The Hall–Kier alpha value is -2.63. The summed E-state index contributed by atoms with van der Waals surface area (Å²) < 4.78 is 1.77. The number of anilines is 1. The van der Waals surface area contributed by atoms with Crippen molar-refractivity contribution in [3.63, 3.8) is 0 Å². The van der Waals surface area contributed by atoms with Crippen molar-refractivity contribution in [2.45, 2.75) is 32.7 Å². The molecule has 0 saturated heterocycles. The molecule has 0 radical (unpaired) electrons. The molecule has 6 nitrogen and oxygen atoms in total. The Morgan fingerprint density at radius 2 is 1.83 bits per heavy atom. The summed E-state index contributed by atoms with van der Waals surface area (Å²) in [7, 11) is 0. The molecule has 0 aliphatic carbocycles. The number of nitrogens with zero attached hydrogens (tertiary/aromatic N) is 3. The van der Waals surface area contributed by atoms with Crippen molar-refractivity contribution in [2.24, 2.45) is 0 Å². The minimum absolute atomic E-state index is 0.237. The first-order chi connectivity index (χ1) is 11.1. The zero-order valence-corrected chi connectivity index (χ0v) is 13.3. The Balaban J connectivity index is 2.29. The fourth-order valence-electron chi connectivity index (χ4n) is 2.48. The van der Waals surface area contributed by atoms with E-state index in [-0.39, 0.29) is 11.7 Å². The molecule has 122 valence electrons. The molecule has 2 rings (SSSR count). The maximum Gasteiger partial charge on any atom is 0.323 e. The van der Waals surface area contributed by atoms with Gasteiger partial charge in [-0.1, -0.05) is 32.0 Å². The molecule has 0 spiro atoms. The molecule has 1 aromatic carbocycles. The number of benzene rings is 1. The number of aliphatic carboxylic acids is 1. The molecule has 6 heteroatoms. The summed E-state index contributed by atoms with van der Waals surface area (Å²) in [5.74, 6) is -1.48. The summed E-state index contributed by atoms with van der Waals surface area (Å²) >= 11 is 0. The van der Waals surface area contributed by atoms with Gasteiger partial charge < -0.3 is 5.11 Å². The van der Waals surface area contributed by atoms with Crippen LogP contribution in [0.3, 0.4) is 0 Å². The average Bonchev–Trinajstić information content (AvgIpc) is 3.04. The van der Waals surface area contributed by atoms with Gasteiger partial charge in [-0.15, -0.1) is 0 Å². The molecule has 1 heterocycles. The van der Waals surface area contributed by atoms with Crippen molar-refractivity contribution in [1.82, 2.24) is 9.78 Å². The zero-order chi connectivity index (χ0) is 16.8. The van der Waals surface area contributed by atoms with Crippen molar-refractivity contribution in [2.75, 3.05) is 11.4 Å². The van der Waals surface area contributed by atoms with Crippen LogP contribution in [0.1, 0.15) is 43.2 Å². The lowest BCUT2D eigenvalue weighted by atomic mass is 10.2. The van der Waals surface area contributed by atoms with Gasteiger partial charge in [0.05, 0.1) is 6.04 Å². The van der Waals surface area contributed by atoms with Gasteiger partial charge in [0, 0.05) is 11.9 Å². The minimum atomic E-state index is -1.07. The fraction of sp³-hybridized carbons (Fsp3) is 0.353. The number of aromatic nitrogens is 2. The molecule has 0 fully saturated rings. The van der Waals surface area contributed by atoms with Gasteiger partial charge in [0.15, 0.2) is 5.69 Å². The first-order valence-corrected chi connectivity index (χ1v) is 7.70. The Bertz CT molecular complexity index is 663. The summed E-state index contributed by atoms with van der Waals surface area (Å²) in [6.45, 7) is 3.73. The Morgan fingerprint density at radius 1 is 1.17 bits per heavy atom. The number of carbonyl (C=O) groups excluding carboxylic acids is 1. The Morgan fingerprint density at radius 3 is 2.39 bits per heavy atom. The highest BCUT2D eigenvalue weighted by atomic mass is 16.4. The largest absolute Gasteiger partial charge is 0.480 e. The summed E-state index contributed by atoms with van der Waals surface area (Å²) in [4.78, 5) is 25.0. The molecule has 23 heavy (non-hydrogen) atoms. The van der Waals surface area contributed by atoms with Crippen molar-refractivity contribution in [3.8, 4) is 0 Å². The van der Waals surface area contributed by atoms with Crippen LogP contribution in [0.15, 0.2) is 42.6 Å². The van der Waals surface area contributed by atoms with E-state index in [9.17, 15) is 9.59 Å². The molecule has 1 amide bonds. The van der Waals surface area contributed by atoms with Crippen LogP contribution in [0.2, 0.25) is 0 Å². The molecule has 1 aromatic heterocycles. The Labute approximate surface area is 135 Å². The predicted octanol–water partition coefficient (Wildman–Crippen LogP) is 2.98. The lowest BCUT2D eigenvalue weighted by molar-refractivity contribution is -0.135. The second-order valence-corrected chi connectivity index (χ2v) is 5.27. The van der Waals surface area contributed by atoms with Gasteiger partial charge in [-0.05, 0) is 31.0 Å². The minimum Gasteiger partial charge on any atom is -0.480 e. The average molecular weight is 315 g/mol. The van der Waals surface area contributed by atoms with E-state index in [0.717, 1.165) is 12.8 Å². The van der Waals surface area contributed by atoms with Crippen LogP contribution in [0.25, 0.3) is 0 Å². The predicted molar refractivity (Wildman–Crippen MR) is 87.6 cm³/mol. The van der Waals surface area contributed by atoms with Crippen LogP contribution in [0, 0.1) is 0 Å². The normalized spacial score (nSPS) is 10.7. The molecule has 2 aromatic rings. The first-order valence-electron chi connectivity index (χ1n) is 7.70. The highest BCUT2D eigenvalue weighted by molar-refractivity contribution is 6.06. The molecule has 0 atom stereocenters. The van der Waals surface area contributed by atoms with Crippen molar-refractivity contribution in [3.05, 3.63) is 48.3 Å². The lowest BCUT2D eigenvalue weighted by Crippen LogP contribution is -2.36. The SMILES string of the molecule is CCC(CC)n1ccc(C(=O)N(CC(=O)O)c2ccccc2)n1. The van der Waals surface area contributed by atoms with Crippen molar-refractivity contribution >= 4 is 17.6 Å². The van der Waals surface area contributed by atoms with E-state index in [1.807, 2.05) is 6.07 Å². The van der Waals surface area contributed by atoms with E-state index in [0.29, 0.717) is 5.69 Å². The van der Waals surface area contributed by atoms with E-state index in [4.69, 9.17) is 5.11 Å². The van der Waals surface area contributed by atoms with Crippen LogP contribution < -0.4 is 4.90 Å². The molecule has 0 unspecified atom stereocenters. The van der Waals surface area contributed by atoms with Crippen LogP contribution in [-0.4, -0.2) is 33.3 Å². The topological polar surface area (TPSA) is 75.4 Å². The molecule has 1 N–H and O–H groups in total. The summed E-state index contributed by atoms with van der Waals surface area (Å²) in [6, 6.07) is 10.6. The smallest absolute Gasteiger partial charge is 0.323 e. The molecule has 0 saturated carbocycles. The summed E-state index contributed by atoms with van der Waals surface area (Å²) in [5.41, 5.74) is 0.791. The van der Waals surface area contributed by atoms with Gasteiger partial charge >= 0.3 is 5.97 Å². The van der Waals surface area contributed by atoms with E-state index in [1.165, 1.54) is 4.90 Å². The fourth-order valence-corrected chi connectivity index (χ4v) is 2.48. The number of carboxylic acids is 1. The number of amides is 1.